The van der Waals surface area contributed by atoms with Gasteiger partial charge in [-0.2, -0.15) is 0 Å². The molecule has 0 aromatic heterocycles. The molecule has 3 heteroatoms. The Labute approximate surface area is 138 Å². The average molecular weight is 308 g/mol. The van der Waals surface area contributed by atoms with Gasteiger partial charge in [0.05, 0.1) is 6.42 Å². The fourth-order valence-corrected chi connectivity index (χ4v) is 3.12. The third-order valence-electron chi connectivity index (χ3n) is 4.56. The maximum atomic E-state index is 12.2. The summed E-state index contributed by atoms with van der Waals surface area (Å²) in [5.41, 5.74) is 3.44. The van der Waals surface area contributed by atoms with Crippen molar-refractivity contribution in [1.29, 1.82) is 0 Å². The first-order valence-electron chi connectivity index (χ1n) is 8.37. The van der Waals surface area contributed by atoms with Crippen LogP contribution in [0, 0.1) is 5.92 Å². The summed E-state index contributed by atoms with van der Waals surface area (Å²) in [5.74, 6) is 0.615. The van der Waals surface area contributed by atoms with Crippen LogP contribution in [0.2, 0.25) is 0 Å². The molecule has 0 aliphatic carbocycles. The highest BCUT2D eigenvalue weighted by Crippen LogP contribution is 2.19. The van der Waals surface area contributed by atoms with Gasteiger partial charge in [0.15, 0.2) is 0 Å². The number of carbonyl (C=O) groups excluding carboxylic acids is 1. The van der Waals surface area contributed by atoms with Gasteiger partial charge in [-0.3, -0.25) is 4.79 Å². The number of carbonyl (C=O) groups is 1. The highest BCUT2D eigenvalue weighted by molar-refractivity contribution is 5.79. The Bertz CT molecular complexity index is 636. The van der Waals surface area contributed by atoms with Crippen molar-refractivity contribution >= 4 is 5.91 Å². The number of piperidine rings is 1. The SMILES string of the molecule is CC1CNCCC1NC(=O)Cc1ccc(-c2ccccc2)cc1. The summed E-state index contributed by atoms with van der Waals surface area (Å²) < 4.78 is 0. The Morgan fingerprint density at radius 2 is 1.78 bits per heavy atom. The van der Waals surface area contributed by atoms with Gasteiger partial charge < -0.3 is 10.6 Å². The second kappa shape index (κ2) is 7.42. The highest BCUT2D eigenvalue weighted by Gasteiger charge is 2.22. The average Bonchev–Trinajstić information content (AvgIpc) is 2.58. The summed E-state index contributed by atoms with van der Waals surface area (Å²) in [6, 6.07) is 18.9. The molecular weight excluding hydrogens is 284 g/mol. The van der Waals surface area contributed by atoms with Crippen molar-refractivity contribution in [2.75, 3.05) is 13.1 Å². The third kappa shape index (κ3) is 4.20. The first-order chi connectivity index (χ1) is 11.2. The summed E-state index contributed by atoms with van der Waals surface area (Å²) in [6.07, 6.45) is 1.46. The molecule has 0 saturated carbocycles. The van der Waals surface area contributed by atoms with Gasteiger partial charge in [0, 0.05) is 6.04 Å². The molecule has 2 unspecified atom stereocenters. The first-order valence-corrected chi connectivity index (χ1v) is 8.37. The molecule has 0 bridgehead atoms. The van der Waals surface area contributed by atoms with Crippen molar-refractivity contribution in [1.82, 2.24) is 10.6 Å². The fraction of sp³-hybridized carbons (Fsp3) is 0.350. The topological polar surface area (TPSA) is 41.1 Å². The lowest BCUT2D eigenvalue weighted by Crippen LogP contribution is -2.48. The molecule has 0 radical (unpaired) electrons. The third-order valence-corrected chi connectivity index (χ3v) is 4.56. The predicted octanol–water partition coefficient (Wildman–Crippen LogP) is 3.01. The van der Waals surface area contributed by atoms with E-state index in [-0.39, 0.29) is 5.91 Å². The van der Waals surface area contributed by atoms with Gasteiger partial charge in [0.1, 0.15) is 0 Å². The Morgan fingerprint density at radius 1 is 1.09 bits per heavy atom. The minimum absolute atomic E-state index is 0.121. The lowest BCUT2D eigenvalue weighted by molar-refractivity contribution is -0.121. The molecule has 3 rings (SSSR count). The Hall–Kier alpha value is -2.13. The van der Waals surface area contributed by atoms with Gasteiger partial charge in [0.25, 0.3) is 0 Å². The molecule has 120 valence electrons. The van der Waals surface area contributed by atoms with E-state index >= 15 is 0 Å². The lowest BCUT2D eigenvalue weighted by Gasteiger charge is -2.30. The number of benzene rings is 2. The van der Waals surface area contributed by atoms with Crippen LogP contribution in [0.25, 0.3) is 11.1 Å². The Balaban J connectivity index is 1.58. The fourth-order valence-electron chi connectivity index (χ4n) is 3.12. The Kier molecular flexibility index (Phi) is 5.09. The van der Waals surface area contributed by atoms with E-state index in [9.17, 15) is 4.79 Å². The van der Waals surface area contributed by atoms with E-state index in [0.29, 0.717) is 18.4 Å². The predicted molar refractivity (Wildman–Crippen MR) is 94.2 cm³/mol. The van der Waals surface area contributed by atoms with Crippen molar-refractivity contribution in [2.45, 2.75) is 25.8 Å². The zero-order chi connectivity index (χ0) is 16.1. The maximum Gasteiger partial charge on any atom is 0.224 e. The van der Waals surface area contributed by atoms with Crippen molar-refractivity contribution in [3.05, 3.63) is 60.2 Å². The van der Waals surface area contributed by atoms with Crippen molar-refractivity contribution < 1.29 is 4.79 Å². The van der Waals surface area contributed by atoms with E-state index in [2.05, 4.69) is 41.8 Å². The van der Waals surface area contributed by atoms with Gasteiger partial charge >= 0.3 is 0 Å². The van der Waals surface area contributed by atoms with Crippen LogP contribution >= 0.6 is 0 Å². The molecule has 1 amide bonds. The number of rotatable bonds is 4. The van der Waals surface area contributed by atoms with E-state index in [1.54, 1.807) is 0 Å². The van der Waals surface area contributed by atoms with Crippen molar-refractivity contribution in [3.8, 4) is 11.1 Å². The monoisotopic (exact) mass is 308 g/mol. The molecular formula is C20H24N2O. The zero-order valence-corrected chi connectivity index (χ0v) is 13.6. The minimum Gasteiger partial charge on any atom is -0.353 e. The summed E-state index contributed by atoms with van der Waals surface area (Å²) >= 11 is 0. The molecule has 1 heterocycles. The van der Waals surface area contributed by atoms with Crippen LogP contribution in [-0.2, 0) is 11.2 Å². The molecule has 2 N–H and O–H groups in total. The quantitative estimate of drug-likeness (QED) is 0.911. The lowest BCUT2D eigenvalue weighted by atomic mass is 9.95. The molecule has 2 aromatic carbocycles. The van der Waals surface area contributed by atoms with E-state index in [0.717, 1.165) is 25.1 Å². The molecule has 2 atom stereocenters. The standard InChI is InChI=1S/C20H24N2O/c1-15-14-21-12-11-19(15)22-20(23)13-16-7-9-18(10-8-16)17-5-3-2-4-6-17/h2-10,15,19,21H,11-14H2,1H3,(H,22,23). The van der Waals surface area contributed by atoms with Crippen LogP contribution in [0.15, 0.2) is 54.6 Å². The maximum absolute atomic E-state index is 12.2. The smallest absolute Gasteiger partial charge is 0.224 e. The van der Waals surface area contributed by atoms with Gasteiger partial charge in [0.2, 0.25) is 5.91 Å². The number of hydrogen-bond acceptors (Lipinski definition) is 2. The number of hydrogen-bond donors (Lipinski definition) is 2. The van der Waals surface area contributed by atoms with E-state index in [4.69, 9.17) is 0 Å². The van der Waals surface area contributed by atoms with Crippen molar-refractivity contribution in [3.63, 3.8) is 0 Å². The highest BCUT2D eigenvalue weighted by atomic mass is 16.1. The van der Waals surface area contributed by atoms with Crippen LogP contribution < -0.4 is 10.6 Å². The molecule has 1 saturated heterocycles. The molecule has 23 heavy (non-hydrogen) atoms. The second-order valence-electron chi connectivity index (χ2n) is 6.38. The van der Waals surface area contributed by atoms with Gasteiger partial charge in [-0.25, -0.2) is 0 Å². The molecule has 1 fully saturated rings. The van der Waals surface area contributed by atoms with Crippen LogP contribution in [0.1, 0.15) is 18.9 Å². The summed E-state index contributed by atoms with van der Waals surface area (Å²) in [4.78, 5) is 12.2. The second-order valence-corrected chi connectivity index (χ2v) is 6.38. The van der Waals surface area contributed by atoms with E-state index < -0.39 is 0 Å². The van der Waals surface area contributed by atoms with Crippen LogP contribution in [-0.4, -0.2) is 25.0 Å². The van der Waals surface area contributed by atoms with Gasteiger partial charge in [-0.05, 0) is 42.1 Å². The molecule has 1 aliphatic heterocycles. The number of nitrogens with one attached hydrogen (secondary N) is 2. The summed E-state index contributed by atoms with van der Waals surface area (Å²) in [7, 11) is 0. The largest absolute Gasteiger partial charge is 0.353 e. The van der Waals surface area contributed by atoms with Crippen LogP contribution in [0.4, 0.5) is 0 Å². The van der Waals surface area contributed by atoms with Gasteiger partial charge in [-0.15, -0.1) is 0 Å². The van der Waals surface area contributed by atoms with Crippen LogP contribution in [0.5, 0.6) is 0 Å². The van der Waals surface area contributed by atoms with E-state index in [1.165, 1.54) is 11.1 Å². The number of amides is 1. The van der Waals surface area contributed by atoms with Gasteiger partial charge in [-0.1, -0.05) is 61.5 Å². The normalized spacial score (nSPS) is 20.9. The minimum atomic E-state index is 0.121. The molecule has 2 aromatic rings. The summed E-state index contributed by atoms with van der Waals surface area (Å²) in [5, 5.41) is 6.54. The Morgan fingerprint density at radius 3 is 2.48 bits per heavy atom. The molecule has 1 aliphatic rings. The zero-order valence-electron chi connectivity index (χ0n) is 13.6. The first kappa shape index (κ1) is 15.8. The van der Waals surface area contributed by atoms with Crippen LogP contribution in [0.3, 0.4) is 0 Å². The molecule has 3 nitrogen and oxygen atoms in total. The summed E-state index contributed by atoms with van der Waals surface area (Å²) in [6.45, 7) is 4.16. The van der Waals surface area contributed by atoms with E-state index in [1.807, 2.05) is 30.3 Å². The van der Waals surface area contributed by atoms with Crippen molar-refractivity contribution in [2.24, 2.45) is 5.92 Å². The molecule has 0 spiro atoms.